The molecular weight excluding hydrogens is 429 g/mol. The number of hydrazine groups is 1. The summed E-state index contributed by atoms with van der Waals surface area (Å²) in [5.41, 5.74) is -0.866. The second-order valence-corrected chi connectivity index (χ2v) is 7.94. The Morgan fingerprint density at radius 1 is 0.939 bits per heavy atom. The highest BCUT2D eigenvalue weighted by atomic mass is 19.3. The lowest BCUT2D eigenvalue weighted by Gasteiger charge is -2.30. The zero-order chi connectivity index (χ0) is 23.2. The van der Waals surface area contributed by atoms with Crippen molar-refractivity contribution in [3.8, 4) is 5.75 Å². The molecule has 0 radical (unpaired) electrons. The summed E-state index contributed by atoms with van der Waals surface area (Å²) < 4.78 is 49.0. The van der Waals surface area contributed by atoms with E-state index in [2.05, 4.69) is 0 Å². The number of benzene rings is 4. The van der Waals surface area contributed by atoms with Crippen LogP contribution in [0.4, 0.5) is 24.6 Å². The van der Waals surface area contributed by atoms with Crippen LogP contribution in [0.5, 0.6) is 5.75 Å². The summed E-state index contributed by atoms with van der Waals surface area (Å²) in [7, 11) is 1.54. The third-order valence-corrected chi connectivity index (χ3v) is 6.10. The van der Waals surface area contributed by atoms with Crippen molar-refractivity contribution < 1.29 is 23.1 Å². The van der Waals surface area contributed by atoms with Crippen LogP contribution in [0.2, 0.25) is 0 Å². The van der Waals surface area contributed by atoms with Crippen molar-refractivity contribution in [2.75, 3.05) is 12.1 Å². The summed E-state index contributed by atoms with van der Waals surface area (Å²) in [4.78, 5) is 0. The van der Waals surface area contributed by atoms with E-state index in [4.69, 9.17) is 4.74 Å². The Bertz CT molecular complexity index is 1310. The number of alkyl halides is 2. The number of hydrogen-bond acceptors (Lipinski definition) is 4. The summed E-state index contributed by atoms with van der Waals surface area (Å²) in [6.07, 6.45) is -3.10. The van der Waals surface area contributed by atoms with Crippen LogP contribution in [0.1, 0.15) is 16.7 Å². The van der Waals surface area contributed by atoms with E-state index in [0.29, 0.717) is 33.3 Å². The fourth-order valence-corrected chi connectivity index (χ4v) is 4.43. The normalized spacial score (nSPS) is 15.6. The number of rotatable bonds is 5. The number of ether oxygens (including phenoxy) is 1. The van der Waals surface area contributed by atoms with Gasteiger partial charge in [0.25, 0.3) is 6.43 Å². The van der Waals surface area contributed by atoms with Crippen LogP contribution < -0.4 is 9.75 Å². The van der Waals surface area contributed by atoms with Crippen LogP contribution in [0.15, 0.2) is 84.9 Å². The molecule has 0 aliphatic carbocycles. The molecule has 5 rings (SSSR count). The first-order chi connectivity index (χ1) is 15.9. The molecule has 4 aromatic rings. The number of aliphatic hydroxyl groups is 1. The van der Waals surface area contributed by atoms with Crippen molar-refractivity contribution in [2.24, 2.45) is 0 Å². The van der Waals surface area contributed by atoms with E-state index in [0.717, 1.165) is 5.39 Å². The SMILES string of the molecule is COc1ccc(N2c3ccc(C(O)(c4cccc5ccccc45)C(F)F)cc3CN2F)cc1. The zero-order valence-corrected chi connectivity index (χ0v) is 17.8. The van der Waals surface area contributed by atoms with Crippen LogP contribution in [-0.4, -0.2) is 23.9 Å². The molecule has 1 aliphatic rings. The van der Waals surface area contributed by atoms with Crippen molar-refractivity contribution in [1.29, 1.82) is 0 Å². The van der Waals surface area contributed by atoms with Gasteiger partial charge in [0.1, 0.15) is 5.75 Å². The molecule has 1 atom stereocenters. The lowest BCUT2D eigenvalue weighted by Crippen LogP contribution is -2.36. The van der Waals surface area contributed by atoms with Gasteiger partial charge in [-0.25, -0.2) is 13.8 Å². The number of fused-ring (bicyclic) bond motifs is 2. The lowest BCUT2D eigenvalue weighted by molar-refractivity contribution is -0.0709. The van der Waals surface area contributed by atoms with Gasteiger partial charge in [-0.05, 0) is 63.5 Å². The first kappa shape index (κ1) is 21.3. The van der Waals surface area contributed by atoms with Gasteiger partial charge in [-0.2, -0.15) is 0 Å². The number of anilines is 2. The molecule has 0 bridgehead atoms. The van der Waals surface area contributed by atoms with Gasteiger partial charge in [-0.15, -0.1) is 4.48 Å². The predicted molar refractivity (Wildman–Crippen MR) is 121 cm³/mol. The third kappa shape index (κ3) is 3.41. The Morgan fingerprint density at radius 3 is 2.39 bits per heavy atom. The number of methoxy groups -OCH3 is 1. The molecule has 1 heterocycles. The summed E-state index contributed by atoms with van der Waals surface area (Å²) in [6, 6.07) is 23.3. The Hall–Kier alpha value is -3.55. The molecule has 0 aromatic heterocycles. The molecule has 1 N–H and O–H groups in total. The van der Waals surface area contributed by atoms with Gasteiger partial charge >= 0.3 is 0 Å². The van der Waals surface area contributed by atoms with E-state index in [9.17, 15) is 18.4 Å². The Morgan fingerprint density at radius 2 is 1.67 bits per heavy atom. The lowest BCUT2D eigenvalue weighted by atomic mass is 9.83. The zero-order valence-electron chi connectivity index (χ0n) is 17.8. The van der Waals surface area contributed by atoms with E-state index < -0.39 is 12.0 Å². The van der Waals surface area contributed by atoms with Gasteiger partial charge < -0.3 is 9.84 Å². The van der Waals surface area contributed by atoms with Crippen molar-refractivity contribution in [3.05, 3.63) is 102 Å². The second-order valence-electron chi connectivity index (χ2n) is 7.94. The van der Waals surface area contributed by atoms with Crippen molar-refractivity contribution in [1.82, 2.24) is 5.23 Å². The molecule has 4 aromatic carbocycles. The molecule has 7 heteroatoms. The van der Waals surface area contributed by atoms with Gasteiger partial charge in [-0.1, -0.05) is 48.5 Å². The largest absolute Gasteiger partial charge is 0.497 e. The van der Waals surface area contributed by atoms with E-state index in [1.165, 1.54) is 23.2 Å². The monoisotopic (exact) mass is 450 g/mol. The second kappa shape index (κ2) is 8.10. The van der Waals surface area contributed by atoms with Gasteiger partial charge in [0, 0.05) is 5.56 Å². The fraction of sp³-hybridized carbons (Fsp3) is 0.154. The highest BCUT2D eigenvalue weighted by Gasteiger charge is 2.43. The molecule has 1 unspecified atom stereocenters. The van der Waals surface area contributed by atoms with Crippen LogP contribution in [0.25, 0.3) is 10.8 Å². The quantitative estimate of drug-likeness (QED) is 0.373. The standard InChI is InChI=1S/C26H21F3N2O2/c1-33-21-12-10-20(11-13-21)31-24-14-9-19(15-18(24)16-30(31)29)26(32,25(27)28)23-8-4-6-17-5-2-3-7-22(17)23/h2-15,25,32H,16H2,1H3. The van der Waals surface area contributed by atoms with E-state index in [-0.39, 0.29) is 17.7 Å². The number of hydrogen-bond donors (Lipinski definition) is 1. The minimum Gasteiger partial charge on any atom is -0.497 e. The van der Waals surface area contributed by atoms with Gasteiger partial charge in [0.2, 0.25) is 0 Å². The maximum atomic E-state index is 14.9. The smallest absolute Gasteiger partial charge is 0.275 e. The molecule has 0 amide bonds. The van der Waals surface area contributed by atoms with Crippen LogP contribution in [0.3, 0.4) is 0 Å². The molecular formula is C26H21F3N2O2. The number of nitrogens with zero attached hydrogens (tertiary/aromatic N) is 2. The molecule has 168 valence electrons. The summed E-state index contributed by atoms with van der Waals surface area (Å²) in [5, 5.41) is 14.5. The van der Waals surface area contributed by atoms with Crippen molar-refractivity contribution in [2.45, 2.75) is 18.6 Å². The molecule has 0 saturated heterocycles. The van der Waals surface area contributed by atoms with Crippen molar-refractivity contribution >= 4 is 22.1 Å². The molecule has 0 saturated carbocycles. The Kier molecular flexibility index (Phi) is 5.23. The maximum Gasteiger partial charge on any atom is 0.275 e. The van der Waals surface area contributed by atoms with Crippen LogP contribution >= 0.6 is 0 Å². The van der Waals surface area contributed by atoms with Gasteiger partial charge in [0.15, 0.2) is 5.60 Å². The third-order valence-electron chi connectivity index (χ3n) is 6.10. The maximum absolute atomic E-state index is 14.9. The van der Waals surface area contributed by atoms with Crippen LogP contribution in [0, 0.1) is 0 Å². The van der Waals surface area contributed by atoms with E-state index in [1.807, 2.05) is 6.07 Å². The topological polar surface area (TPSA) is 35.9 Å². The first-order valence-electron chi connectivity index (χ1n) is 10.4. The Labute approximate surface area is 189 Å². The highest BCUT2D eigenvalue weighted by molar-refractivity contribution is 5.87. The number of halogens is 3. The van der Waals surface area contributed by atoms with Crippen molar-refractivity contribution in [3.63, 3.8) is 0 Å². The fourth-order valence-electron chi connectivity index (χ4n) is 4.43. The average Bonchev–Trinajstić information content (AvgIpc) is 3.18. The molecule has 1 aliphatic heterocycles. The average molecular weight is 450 g/mol. The molecule has 0 spiro atoms. The predicted octanol–water partition coefficient (Wildman–Crippen LogP) is 6.10. The summed E-state index contributed by atoms with van der Waals surface area (Å²) in [6.45, 7) is -0.135. The van der Waals surface area contributed by atoms with Gasteiger partial charge in [-0.3, -0.25) is 0 Å². The van der Waals surface area contributed by atoms with Crippen LogP contribution in [-0.2, 0) is 12.1 Å². The molecule has 0 fully saturated rings. The Balaban J connectivity index is 1.60. The molecule has 4 nitrogen and oxygen atoms in total. The highest BCUT2D eigenvalue weighted by Crippen LogP contribution is 2.44. The summed E-state index contributed by atoms with van der Waals surface area (Å²) >= 11 is 0. The minimum atomic E-state index is -3.10. The molecule has 33 heavy (non-hydrogen) atoms. The summed E-state index contributed by atoms with van der Waals surface area (Å²) in [5.74, 6) is 0.635. The van der Waals surface area contributed by atoms with E-state index >= 15 is 0 Å². The van der Waals surface area contributed by atoms with Gasteiger partial charge in [0.05, 0.1) is 25.0 Å². The minimum absolute atomic E-state index is 0.0117. The first-order valence-corrected chi connectivity index (χ1v) is 10.4. The van der Waals surface area contributed by atoms with E-state index in [1.54, 1.807) is 67.8 Å².